The second kappa shape index (κ2) is 6.81. The molecule has 1 N–H and O–H groups in total. The largest absolute Gasteiger partial charge is 0.434 e. The molecule has 2 aromatic carbocycles. The highest BCUT2D eigenvalue weighted by atomic mass is 19.3. The van der Waals surface area contributed by atoms with E-state index in [1.807, 2.05) is 22.8 Å². The number of fused-ring (bicyclic) bond motifs is 9. The van der Waals surface area contributed by atoms with Gasteiger partial charge in [-0.15, -0.1) is 0 Å². The van der Waals surface area contributed by atoms with Gasteiger partial charge in [0.1, 0.15) is 17.4 Å². The number of hydrogen-bond donors (Lipinski definition) is 1. The zero-order valence-corrected chi connectivity index (χ0v) is 16.4. The first kappa shape index (κ1) is 18.9. The van der Waals surface area contributed by atoms with E-state index in [0.717, 1.165) is 17.3 Å². The maximum Gasteiger partial charge on any atom is 0.387 e. The molecule has 0 fully saturated rings. The maximum atomic E-state index is 13.7. The Labute approximate surface area is 179 Å². The number of benzene rings is 2. The van der Waals surface area contributed by atoms with Crippen LogP contribution in [0.1, 0.15) is 40.3 Å². The molecule has 2 atom stereocenters. The van der Waals surface area contributed by atoms with E-state index in [1.165, 1.54) is 18.2 Å². The predicted molar refractivity (Wildman–Crippen MR) is 109 cm³/mol. The Hall–Kier alpha value is -3.88. The molecule has 6 nitrogen and oxygen atoms in total. The predicted octanol–water partition coefficient (Wildman–Crippen LogP) is 4.62. The van der Waals surface area contributed by atoms with Gasteiger partial charge in [0, 0.05) is 22.9 Å². The van der Waals surface area contributed by atoms with Crippen molar-refractivity contribution in [3.05, 3.63) is 77.6 Å². The lowest BCUT2D eigenvalue weighted by Crippen LogP contribution is -2.28. The topological polar surface area (TPSA) is 69.0 Å². The van der Waals surface area contributed by atoms with Crippen LogP contribution in [-0.4, -0.2) is 27.1 Å². The fraction of sp³-hybridized carbons (Fsp3) is 0.174. The Bertz CT molecular complexity index is 1400. The minimum Gasteiger partial charge on any atom is -0.434 e. The molecule has 0 unspecified atom stereocenters. The molecule has 0 spiro atoms. The molecule has 160 valence electrons. The first-order valence-corrected chi connectivity index (χ1v) is 10.0. The number of halogens is 3. The normalized spacial score (nSPS) is 18.9. The number of carbonyl (C=O) groups is 1. The molecule has 1 amide bonds. The van der Waals surface area contributed by atoms with Gasteiger partial charge in [-0.05, 0) is 42.3 Å². The van der Waals surface area contributed by atoms with Crippen LogP contribution < -0.4 is 10.1 Å². The van der Waals surface area contributed by atoms with Crippen LogP contribution in [0.25, 0.3) is 22.2 Å². The third-order valence-electron chi connectivity index (χ3n) is 6.00. The molecule has 2 aliphatic rings. The van der Waals surface area contributed by atoms with Gasteiger partial charge in [-0.1, -0.05) is 12.1 Å². The SMILES string of the molecule is O=C1N[C@@H]2C[C@H](c3c(OC(F)F)cccc31)n1c2nc2ccc(-c3cncc(F)c3)cc21. The Morgan fingerprint density at radius 1 is 1.12 bits per heavy atom. The van der Waals surface area contributed by atoms with Crippen LogP contribution in [0.2, 0.25) is 0 Å². The standard InChI is InChI=1S/C23H15F3N4O2/c24-13-6-12(9-27-10-13)11-4-5-15-17(7-11)30-18-8-16(21(30)28-15)29-22(31)14-2-1-3-19(20(14)18)32-23(25)26/h1-7,9-10,16,18,23H,8H2,(H,29,31)/t16-,18-/m1/s1. The third kappa shape index (κ3) is 2.77. The minimum atomic E-state index is -3.02. The summed E-state index contributed by atoms with van der Waals surface area (Å²) >= 11 is 0. The molecule has 32 heavy (non-hydrogen) atoms. The van der Waals surface area contributed by atoms with Crippen LogP contribution in [0.15, 0.2) is 54.9 Å². The van der Waals surface area contributed by atoms with Crippen LogP contribution in [-0.2, 0) is 0 Å². The van der Waals surface area contributed by atoms with Crippen molar-refractivity contribution in [2.45, 2.75) is 25.1 Å². The number of nitrogens with one attached hydrogen (secondary N) is 1. The van der Waals surface area contributed by atoms with Gasteiger partial charge in [0.25, 0.3) is 5.91 Å². The number of rotatable bonds is 3. The van der Waals surface area contributed by atoms with E-state index in [0.29, 0.717) is 34.5 Å². The van der Waals surface area contributed by atoms with Gasteiger partial charge >= 0.3 is 6.61 Å². The molecule has 0 radical (unpaired) electrons. The van der Waals surface area contributed by atoms with E-state index in [-0.39, 0.29) is 17.7 Å². The summed E-state index contributed by atoms with van der Waals surface area (Å²) in [7, 11) is 0. The zero-order chi connectivity index (χ0) is 22.0. The number of pyridine rings is 1. The smallest absolute Gasteiger partial charge is 0.387 e. The lowest BCUT2D eigenvalue weighted by Gasteiger charge is -2.21. The average molecular weight is 436 g/mol. The number of carbonyl (C=O) groups excluding carboxylic acids is 1. The summed E-state index contributed by atoms with van der Waals surface area (Å²) in [6.07, 6.45) is 3.17. The Kier molecular flexibility index (Phi) is 4.01. The van der Waals surface area contributed by atoms with Crippen LogP contribution >= 0.6 is 0 Å². The van der Waals surface area contributed by atoms with Crippen molar-refractivity contribution in [1.29, 1.82) is 0 Å². The fourth-order valence-corrected chi connectivity index (χ4v) is 4.76. The molecule has 4 aromatic rings. The molecular formula is C23H15F3N4O2. The van der Waals surface area contributed by atoms with Crippen LogP contribution in [0.4, 0.5) is 13.2 Å². The summed E-state index contributed by atoms with van der Waals surface area (Å²) in [5.74, 6) is -0.181. The summed E-state index contributed by atoms with van der Waals surface area (Å²) in [4.78, 5) is 21.4. The van der Waals surface area contributed by atoms with E-state index in [2.05, 4.69) is 10.3 Å². The number of nitrogens with zero attached hydrogens (tertiary/aromatic N) is 3. The number of ether oxygens (including phenoxy) is 1. The van der Waals surface area contributed by atoms with Crippen molar-refractivity contribution in [3.63, 3.8) is 0 Å². The van der Waals surface area contributed by atoms with E-state index < -0.39 is 18.5 Å². The van der Waals surface area contributed by atoms with Gasteiger partial charge in [-0.2, -0.15) is 8.78 Å². The lowest BCUT2D eigenvalue weighted by atomic mass is 9.97. The van der Waals surface area contributed by atoms with Gasteiger partial charge in [-0.3, -0.25) is 9.78 Å². The van der Waals surface area contributed by atoms with Gasteiger partial charge in [0.2, 0.25) is 0 Å². The van der Waals surface area contributed by atoms with E-state index in [9.17, 15) is 18.0 Å². The third-order valence-corrected chi connectivity index (χ3v) is 6.00. The van der Waals surface area contributed by atoms with E-state index in [4.69, 9.17) is 9.72 Å². The maximum absolute atomic E-state index is 13.7. The number of hydrogen-bond acceptors (Lipinski definition) is 4. The highest BCUT2D eigenvalue weighted by Gasteiger charge is 2.42. The number of alkyl halides is 2. The van der Waals surface area contributed by atoms with Crippen LogP contribution in [0.5, 0.6) is 5.75 Å². The zero-order valence-electron chi connectivity index (χ0n) is 16.4. The van der Waals surface area contributed by atoms with Crippen molar-refractivity contribution in [2.24, 2.45) is 0 Å². The number of imidazole rings is 1. The highest BCUT2D eigenvalue weighted by Crippen LogP contribution is 2.47. The van der Waals surface area contributed by atoms with Gasteiger partial charge < -0.3 is 14.6 Å². The average Bonchev–Trinajstić information content (AvgIpc) is 3.25. The molecule has 0 aliphatic carbocycles. The van der Waals surface area contributed by atoms with E-state index >= 15 is 0 Å². The monoisotopic (exact) mass is 436 g/mol. The molecule has 2 aliphatic heterocycles. The summed E-state index contributed by atoms with van der Waals surface area (Å²) in [5, 5.41) is 2.95. The van der Waals surface area contributed by atoms with Gasteiger partial charge in [0.15, 0.2) is 0 Å². The van der Waals surface area contributed by atoms with Crippen molar-refractivity contribution >= 4 is 16.9 Å². The quantitative estimate of drug-likeness (QED) is 0.509. The summed E-state index contributed by atoms with van der Waals surface area (Å²) in [6, 6.07) is 10.7. The van der Waals surface area contributed by atoms with Crippen LogP contribution in [0.3, 0.4) is 0 Å². The van der Waals surface area contributed by atoms with Crippen molar-refractivity contribution in [2.75, 3.05) is 0 Å². The molecule has 2 bridgehead atoms. The fourth-order valence-electron chi connectivity index (χ4n) is 4.76. The van der Waals surface area contributed by atoms with E-state index in [1.54, 1.807) is 12.3 Å². The van der Waals surface area contributed by atoms with Crippen molar-refractivity contribution < 1.29 is 22.7 Å². The molecule has 0 saturated carbocycles. The lowest BCUT2D eigenvalue weighted by molar-refractivity contribution is -0.0507. The van der Waals surface area contributed by atoms with Gasteiger partial charge in [0.05, 0.1) is 29.3 Å². The molecule has 9 heteroatoms. The van der Waals surface area contributed by atoms with Crippen LogP contribution in [0, 0.1) is 5.82 Å². The Balaban J connectivity index is 1.57. The second-order valence-electron chi connectivity index (χ2n) is 7.81. The number of aromatic nitrogens is 3. The molecule has 4 heterocycles. The molecule has 0 saturated heterocycles. The molecule has 6 rings (SSSR count). The van der Waals surface area contributed by atoms with Gasteiger partial charge in [-0.25, -0.2) is 9.37 Å². The van der Waals surface area contributed by atoms with Crippen molar-refractivity contribution in [1.82, 2.24) is 19.9 Å². The first-order valence-electron chi connectivity index (χ1n) is 10.0. The minimum absolute atomic E-state index is 0.0292. The Morgan fingerprint density at radius 2 is 2.00 bits per heavy atom. The summed E-state index contributed by atoms with van der Waals surface area (Å²) < 4.78 is 46.7. The second-order valence-corrected chi connectivity index (χ2v) is 7.81. The Morgan fingerprint density at radius 3 is 2.81 bits per heavy atom. The number of amides is 1. The summed E-state index contributed by atoms with van der Waals surface area (Å²) in [6.45, 7) is -3.02. The first-order chi connectivity index (χ1) is 15.5. The highest BCUT2D eigenvalue weighted by molar-refractivity contribution is 5.98. The molecule has 2 aromatic heterocycles. The summed E-state index contributed by atoms with van der Waals surface area (Å²) in [5.41, 5.74) is 3.50. The molecular weight excluding hydrogens is 421 g/mol. The van der Waals surface area contributed by atoms with Crippen molar-refractivity contribution in [3.8, 4) is 16.9 Å².